The van der Waals surface area contributed by atoms with Crippen molar-refractivity contribution in [2.45, 2.75) is 19.8 Å². The number of anilines is 3. The van der Waals surface area contributed by atoms with Gasteiger partial charge in [-0.1, -0.05) is 30.3 Å². The lowest BCUT2D eigenvalue weighted by Crippen LogP contribution is -2.20. The van der Waals surface area contributed by atoms with Crippen LogP contribution in [0.3, 0.4) is 0 Å². The molecule has 4 rings (SSSR count). The number of carbonyl (C=O) groups is 2. The third-order valence-electron chi connectivity index (χ3n) is 5.36. The molecule has 3 aromatic rings. The van der Waals surface area contributed by atoms with E-state index in [-0.39, 0.29) is 11.8 Å². The Kier molecular flexibility index (Phi) is 5.80. The van der Waals surface area contributed by atoms with E-state index >= 15 is 0 Å². The minimum absolute atomic E-state index is 0.248. The first-order chi connectivity index (χ1) is 14.6. The van der Waals surface area contributed by atoms with Crippen LogP contribution in [0.2, 0.25) is 0 Å². The van der Waals surface area contributed by atoms with Crippen molar-refractivity contribution in [2.24, 2.45) is 0 Å². The van der Waals surface area contributed by atoms with Crippen molar-refractivity contribution in [3.63, 3.8) is 0 Å². The van der Waals surface area contributed by atoms with Crippen molar-refractivity contribution < 1.29 is 9.59 Å². The minimum Gasteiger partial charge on any atom is -0.371 e. The summed E-state index contributed by atoms with van der Waals surface area (Å²) in [5, 5.41) is 5.81. The van der Waals surface area contributed by atoms with Gasteiger partial charge in [0.05, 0.1) is 11.3 Å². The summed E-state index contributed by atoms with van der Waals surface area (Å²) < 4.78 is 0. The first-order valence-electron chi connectivity index (χ1n) is 10.2. The molecular formula is C25H25N3O2. The summed E-state index contributed by atoms with van der Waals surface area (Å²) in [5.41, 5.74) is 4.55. The Morgan fingerprint density at radius 2 is 1.50 bits per heavy atom. The fraction of sp³-hybridized carbons (Fsp3) is 0.200. The van der Waals surface area contributed by atoms with E-state index in [4.69, 9.17) is 0 Å². The zero-order chi connectivity index (χ0) is 20.9. The average molecular weight is 399 g/mol. The molecule has 0 unspecified atom stereocenters. The molecule has 0 aliphatic carbocycles. The molecule has 2 N–H and O–H groups in total. The summed E-state index contributed by atoms with van der Waals surface area (Å²) >= 11 is 0. The highest BCUT2D eigenvalue weighted by Crippen LogP contribution is 2.27. The molecule has 152 valence electrons. The highest BCUT2D eigenvalue weighted by molar-refractivity contribution is 6.12. The van der Waals surface area contributed by atoms with Crippen LogP contribution in [-0.2, 0) is 0 Å². The van der Waals surface area contributed by atoms with E-state index in [9.17, 15) is 9.59 Å². The maximum Gasteiger partial charge on any atom is 0.257 e. The van der Waals surface area contributed by atoms with Crippen molar-refractivity contribution in [1.29, 1.82) is 0 Å². The van der Waals surface area contributed by atoms with Crippen LogP contribution in [0.4, 0.5) is 17.1 Å². The topological polar surface area (TPSA) is 61.4 Å². The second-order valence-electron chi connectivity index (χ2n) is 7.52. The van der Waals surface area contributed by atoms with E-state index in [0.717, 1.165) is 24.3 Å². The van der Waals surface area contributed by atoms with E-state index in [1.165, 1.54) is 18.5 Å². The van der Waals surface area contributed by atoms with E-state index in [1.807, 2.05) is 30.3 Å². The van der Waals surface area contributed by atoms with E-state index in [2.05, 4.69) is 28.5 Å². The second kappa shape index (κ2) is 8.82. The Hall–Kier alpha value is -3.60. The first kappa shape index (κ1) is 19.7. The number of para-hydroxylation sites is 1. The molecule has 0 aromatic heterocycles. The summed E-state index contributed by atoms with van der Waals surface area (Å²) in [6, 6.07) is 22.0. The molecular weight excluding hydrogens is 374 g/mol. The largest absolute Gasteiger partial charge is 0.371 e. The first-order valence-corrected chi connectivity index (χ1v) is 10.2. The molecule has 0 spiro atoms. The molecule has 1 heterocycles. The van der Waals surface area contributed by atoms with Gasteiger partial charge >= 0.3 is 0 Å². The number of amides is 2. The van der Waals surface area contributed by atoms with Gasteiger partial charge in [-0.05, 0) is 67.8 Å². The molecule has 30 heavy (non-hydrogen) atoms. The van der Waals surface area contributed by atoms with Crippen LogP contribution in [-0.4, -0.2) is 24.9 Å². The Bertz CT molecular complexity index is 1060. The summed E-state index contributed by atoms with van der Waals surface area (Å²) in [6.45, 7) is 4.24. The Balaban J connectivity index is 1.50. The lowest BCUT2D eigenvalue weighted by Gasteiger charge is -2.21. The number of hydrogen-bond donors (Lipinski definition) is 2. The highest BCUT2D eigenvalue weighted by atomic mass is 16.2. The molecule has 5 nitrogen and oxygen atoms in total. The molecule has 1 aliphatic heterocycles. The standard InChI is InChI=1S/C25H25N3O2/c1-18-17-20(13-14-23(18)28-15-7-8-16-28)26-25(30)21-11-5-6-12-22(21)27-24(29)19-9-3-2-4-10-19/h2-6,9-14,17H,7-8,15-16H2,1H3,(H,26,30)(H,27,29). The normalized spacial score (nSPS) is 13.2. The molecule has 0 saturated carbocycles. The van der Waals surface area contributed by atoms with Gasteiger partial charge in [0.25, 0.3) is 11.8 Å². The third-order valence-corrected chi connectivity index (χ3v) is 5.36. The number of rotatable bonds is 5. The number of hydrogen-bond acceptors (Lipinski definition) is 3. The fourth-order valence-electron chi connectivity index (χ4n) is 3.82. The Morgan fingerprint density at radius 3 is 2.23 bits per heavy atom. The van der Waals surface area contributed by atoms with Gasteiger partial charge in [0.1, 0.15) is 0 Å². The molecule has 1 aliphatic rings. The SMILES string of the molecule is Cc1cc(NC(=O)c2ccccc2NC(=O)c2ccccc2)ccc1N1CCCC1. The molecule has 2 amide bonds. The van der Waals surface area contributed by atoms with Gasteiger partial charge in [-0.15, -0.1) is 0 Å². The number of nitrogens with one attached hydrogen (secondary N) is 2. The predicted molar refractivity (Wildman–Crippen MR) is 121 cm³/mol. The van der Waals surface area contributed by atoms with Crippen LogP contribution in [0.1, 0.15) is 39.1 Å². The predicted octanol–water partition coefficient (Wildman–Crippen LogP) is 5.10. The lowest BCUT2D eigenvalue weighted by molar-refractivity contribution is 0.102. The summed E-state index contributed by atoms with van der Waals surface area (Å²) in [4.78, 5) is 27.8. The zero-order valence-electron chi connectivity index (χ0n) is 17.0. The van der Waals surface area contributed by atoms with Gasteiger partial charge in [-0.2, -0.15) is 0 Å². The summed E-state index contributed by atoms with van der Waals surface area (Å²) in [6.07, 6.45) is 2.45. The minimum atomic E-state index is -0.257. The van der Waals surface area contributed by atoms with Crippen LogP contribution < -0.4 is 15.5 Å². The average Bonchev–Trinajstić information content (AvgIpc) is 3.29. The van der Waals surface area contributed by atoms with Crippen molar-refractivity contribution >= 4 is 28.9 Å². The van der Waals surface area contributed by atoms with Gasteiger partial charge < -0.3 is 15.5 Å². The van der Waals surface area contributed by atoms with Crippen LogP contribution in [0.25, 0.3) is 0 Å². The van der Waals surface area contributed by atoms with Gasteiger partial charge in [-0.3, -0.25) is 9.59 Å². The quantitative estimate of drug-likeness (QED) is 0.627. The van der Waals surface area contributed by atoms with Crippen LogP contribution >= 0.6 is 0 Å². The molecule has 0 radical (unpaired) electrons. The maximum absolute atomic E-state index is 12.9. The summed E-state index contributed by atoms with van der Waals surface area (Å²) in [7, 11) is 0. The third kappa shape index (κ3) is 4.35. The van der Waals surface area contributed by atoms with Crippen molar-refractivity contribution in [3.8, 4) is 0 Å². The van der Waals surface area contributed by atoms with Crippen LogP contribution in [0, 0.1) is 6.92 Å². The number of benzene rings is 3. The van der Waals surface area contributed by atoms with Gasteiger partial charge in [0, 0.05) is 30.0 Å². The Morgan fingerprint density at radius 1 is 0.800 bits per heavy atom. The highest BCUT2D eigenvalue weighted by Gasteiger charge is 2.17. The Labute approximate surface area is 176 Å². The van der Waals surface area contributed by atoms with Crippen molar-refractivity contribution in [3.05, 3.63) is 89.5 Å². The monoisotopic (exact) mass is 399 g/mol. The fourth-order valence-corrected chi connectivity index (χ4v) is 3.82. The number of aryl methyl sites for hydroxylation is 1. The van der Waals surface area contributed by atoms with Crippen LogP contribution in [0.5, 0.6) is 0 Å². The molecule has 3 aromatic carbocycles. The summed E-state index contributed by atoms with van der Waals surface area (Å²) in [5.74, 6) is -0.506. The number of nitrogens with zero attached hydrogens (tertiary/aromatic N) is 1. The molecule has 0 atom stereocenters. The smallest absolute Gasteiger partial charge is 0.257 e. The molecule has 0 bridgehead atoms. The molecule has 1 saturated heterocycles. The van der Waals surface area contributed by atoms with Crippen molar-refractivity contribution in [1.82, 2.24) is 0 Å². The van der Waals surface area contributed by atoms with Gasteiger partial charge in [0.2, 0.25) is 0 Å². The van der Waals surface area contributed by atoms with E-state index in [0.29, 0.717) is 16.8 Å². The molecule has 5 heteroatoms. The van der Waals surface area contributed by atoms with E-state index in [1.54, 1.807) is 36.4 Å². The van der Waals surface area contributed by atoms with Crippen molar-refractivity contribution in [2.75, 3.05) is 28.6 Å². The zero-order valence-corrected chi connectivity index (χ0v) is 17.0. The second-order valence-corrected chi connectivity index (χ2v) is 7.52. The van der Waals surface area contributed by atoms with Crippen LogP contribution in [0.15, 0.2) is 72.8 Å². The molecule has 1 fully saturated rings. The number of carbonyl (C=O) groups excluding carboxylic acids is 2. The maximum atomic E-state index is 12.9. The lowest BCUT2D eigenvalue weighted by atomic mass is 10.1. The van der Waals surface area contributed by atoms with E-state index < -0.39 is 0 Å². The van der Waals surface area contributed by atoms with Gasteiger partial charge in [-0.25, -0.2) is 0 Å². The van der Waals surface area contributed by atoms with Gasteiger partial charge in [0.15, 0.2) is 0 Å².